The lowest BCUT2D eigenvalue weighted by Crippen LogP contribution is -2.45. The third-order valence-electron chi connectivity index (χ3n) is 6.92. The molecule has 224 valence electrons. The number of carbonyl (C=O) groups is 1. The van der Waals surface area contributed by atoms with Crippen molar-refractivity contribution < 1.29 is 45.0 Å². The summed E-state index contributed by atoms with van der Waals surface area (Å²) in [6.07, 6.45) is -2.21. The van der Waals surface area contributed by atoms with Gasteiger partial charge in [-0.05, 0) is 55.7 Å². The highest BCUT2D eigenvalue weighted by Gasteiger charge is 2.47. The number of aliphatic hydroxyl groups is 1. The molecule has 15 heteroatoms. The summed E-state index contributed by atoms with van der Waals surface area (Å²) in [5.41, 5.74) is -3.08. The van der Waals surface area contributed by atoms with E-state index in [4.69, 9.17) is 20.0 Å². The minimum atomic E-state index is -4.51. The molecule has 1 heterocycles. The number of aryl methyl sites for hydroxylation is 1. The van der Waals surface area contributed by atoms with Crippen molar-refractivity contribution in [3.05, 3.63) is 34.5 Å². The van der Waals surface area contributed by atoms with Crippen LogP contribution in [0.1, 0.15) is 62.5 Å². The van der Waals surface area contributed by atoms with Crippen LogP contribution in [0.2, 0.25) is 5.02 Å². The molecule has 0 saturated heterocycles. The normalized spacial score (nSPS) is 19.6. The van der Waals surface area contributed by atoms with Crippen LogP contribution in [0.25, 0.3) is 11.3 Å². The Morgan fingerprint density at radius 2 is 1.85 bits per heavy atom. The Hall–Kier alpha value is -2.58. The van der Waals surface area contributed by atoms with E-state index in [-0.39, 0.29) is 34.1 Å². The zero-order chi connectivity index (χ0) is 30.5. The van der Waals surface area contributed by atoms with E-state index in [9.17, 15) is 31.9 Å². The molecule has 1 aromatic carbocycles. The number of nitrogens with one attached hydrogen (secondary N) is 1. The van der Waals surface area contributed by atoms with Gasteiger partial charge in [-0.3, -0.25) is 9.48 Å². The van der Waals surface area contributed by atoms with Crippen LogP contribution >= 0.6 is 11.6 Å². The van der Waals surface area contributed by atoms with E-state index < -0.39 is 53.5 Å². The zero-order valence-corrected chi connectivity index (χ0v) is 23.9. The fourth-order valence-corrected chi connectivity index (χ4v) is 4.76. The predicted octanol–water partition coefficient (Wildman–Crippen LogP) is 5.47. The van der Waals surface area contributed by atoms with Crippen molar-refractivity contribution in [2.45, 2.75) is 71.3 Å². The van der Waals surface area contributed by atoms with Crippen LogP contribution in [0, 0.1) is 11.3 Å². The third kappa shape index (κ3) is 8.46. The van der Waals surface area contributed by atoms with Gasteiger partial charge in [-0.1, -0.05) is 38.4 Å². The number of aromatic nitrogens is 2. The fourth-order valence-electron chi connectivity index (χ4n) is 4.42. The van der Waals surface area contributed by atoms with Crippen molar-refractivity contribution in [3.8, 4) is 17.0 Å². The standard InChI is InChI=1S/C25H31ClF5N3O3.O2S/c1-14-7-9-24(36,10-8-14)13-32-21(35)19-18(26)20(34(4)33-19)16-6-5-15(11-17(16)37-22(27)28)12-23(2,3)25(29,30)31;1-3-2/h5-6,11,14,22,36H,7-10,12-13H2,1-4H3,(H,32,35);. The van der Waals surface area contributed by atoms with E-state index in [0.717, 1.165) is 32.8 Å². The minimum absolute atomic E-state index is 0.00419. The molecule has 1 aromatic heterocycles. The summed E-state index contributed by atoms with van der Waals surface area (Å²) >= 11 is 5.70. The van der Waals surface area contributed by atoms with Crippen LogP contribution in [0.5, 0.6) is 5.75 Å². The van der Waals surface area contributed by atoms with E-state index in [0.29, 0.717) is 18.8 Å². The van der Waals surface area contributed by atoms with Crippen LogP contribution < -0.4 is 10.1 Å². The van der Waals surface area contributed by atoms with Crippen LogP contribution in [-0.4, -0.2) is 54.1 Å². The van der Waals surface area contributed by atoms with Gasteiger partial charge in [0.15, 0.2) is 5.69 Å². The number of hydrogen-bond donors (Lipinski definition) is 2. The highest BCUT2D eigenvalue weighted by Crippen LogP contribution is 2.43. The zero-order valence-electron chi connectivity index (χ0n) is 22.3. The number of amides is 1. The lowest BCUT2D eigenvalue weighted by Gasteiger charge is -2.34. The summed E-state index contributed by atoms with van der Waals surface area (Å²) in [5.74, 6) is -0.550. The molecule has 8 nitrogen and oxygen atoms in total. The summed E-state index contributed by atoms with van der Waals surface area (Å²) in [7, 11) is 1.45. The molecule has 1 fully saturated rings. The molecule has 1 amide bonds. The van der Waals surface area contributed by atoms with Gasteiger partial charge in [0.2, 0.25) is 0 Å². The molecule has 1 aliphatic rings. The largest absolute Gasteiger partial charge is 0.434 e. The Kier molecular flexibility index (Phi) is 11.3. The van der Waals surface area contributed by atoms with Crippen molar-refractivity contribution >= 4 is 29.1 Å². The Labute approximate surface area is 236 Å². The number of ether oxygens (including phenoxy) is 1. The van der Waals surface area contributed by atoms with Gasteiger partial charge in [0.05, 0.1) is 21.7 Å². The van der Waals surface area contributed by atoms with Crippen molar-refractivity contribution in [1.29, 1.82) is 0 Å². The van der Waals surface area contributed by atoms with Gasteiger partial charge < -0.3 is 15.2 Å². The molecule has 1 aliphatic carbocycles. The number of alkyl halides is 5. The Balaban J connectivity index is 0.00000178. The van der Waals surface area contributed by atoms with E-state index >= 15 is 0 Å². The highest BCUT2D eigenvalue weighted by atomic mass is 35.5. The number of rotatable bonds is 8. The second-order valence-corrected chi connectivity index (χ2v) is 11.1. The Morgan fingerprint density at radius 3 is 2.38 bits per heavy atom. The summed E-state index contributed by atoms with van der Waals surface area (Å²) in [6.45, 7) is 0.884. The summed E-state index contributed by atoms with van der Waals surface area (Å²) in [5, 5.41) is 17.4. The molecule has 3 rings (SSSR count). The molecule has 0 aliphatic heterocycles. The fraction of sp³-hybridized carbons (Fsp3) is 0.600. The van der Waals surface area contributed by atoms with Gasteiger partial charge in [-0.2, -0.15) is 35.5 Å². The van der Waals surface area contributed by atoms with Crippen molar-refractivity contribution in [3.63, 3.8) is 0 Å². The van der Waals surface area contributed by atoms with Crippen LogP contribution in [0.3, 0.4) is 0 Å². The van der Waals surface area contributed by atoms with Crippen LogP contribution in [0.4, 0.5) is 22.0 Å². The average molecular weight is 616 g/mol. The molecule has 2 N–H and O–H groups in total. The van der Waals surface area contributed by atoms with Crippen molar-refractivity contribution in [1.82, 2.24) is 15.1 Å². The molecule has 1 saturated carbocycles. The first-order chi connectivity index (χ1) is 18.4. The predicted molar refractivity (Wildman–Crippen MR) is 138 cm³/mol. The summed E-state index contributed by atoms with van der Waals surface area (Å²) in [4.78, 5) is 12.8. The molecule has 0 unspecified atom stereocenters. The average Bonchev–Trinajstić information content (AvgIpc) is 3.13. The summed E-state index contributed by atoms with van der Waals surface area (Å²) < 4.78 is 88.9. The van der Waals surface area contributed by atoms with Crippen molar-refractivity contribution in [2.75, 3.05) is 6.54 Å². The van der Waals surface area contributed by atoms with Gasteiger partial charge in [-0.25, -0.2) is 0 Å². The number of nitrogens with zero attached hydrogens (tertiary/aromatic N) is 2. The van der Waals surface area contributed by atoms with E-state index in [1.807, 2.05) is 0 Å². The van der Waals surface area contributed by atoms with E-state index in [1.54, 1.807) is 0 Å². The quantitative estimate of drug-likeness (QED) is 0.381. The maximum absolute atomic E-state index is 13.3. The molecular formula is C25H31ClF5N3O5S. The third-order valence-corrected chi connectivity index (χ3v) is 7.28. The SMILES string of the molecule is CC1CCC(O)(CNC(=O)c2nn(C)c(-c3ccc(CC(C)(C)C(F)(F)F)cc3OC(F)F)c2Cl)CC1.O=S=O. The lowest BCUT2D eigenvalue weighted by molar-refractivity contribution is -0.211. The molecule has 40 heavy (non-hydrogen) atoms. The number of hydrogen-bond acceptors (Lipinski definition) is 6. The molecule has 0 radical (unpaired) electrons. The minimum Gasteiger partial charge on any atom is -0.434 e. The molecule has 0 atom stereocenters. The maximum atomic E-state index is 13.3. The first-order valence-corrected chi connectivity index (χ1v) is 13.3. The van der Waals surface area contributed by atoms with E-state index in [1.165, 1.54) is 23.9 Å². The first kappa shape index (κ1) is 33.6. The smallest absolute Gasteiger partial charge is 0.394 e. The van der Waals surface area contributed by atoms with Gasteiger partial charge >= 0.3 is 24.4 Å². The lowest BCUT2D eigenvalue weighted by atomic mass is 9.79. The Bertz CT molecular complexity index is 1220. The highest BCUT2D eigenvalue weighted by molar-refractivity contribution is 7.51. The van der Waals surface area contributed by atoms with Crippen LogP contribution in [0.15, 0.2) is 18.2 Å². The monoisotopic (exact) mass is 615 g/mol. The number of halogens is 6. The Morgan fingerprint density at radius 1 is 1.27 bits per heavy atom. The second-order valence-electron chi connectivity index (χ2n) is 10.6. The molecular weight excluding hydrogens is 585 g/mol. The van der Waals surface area contributed by atoms with Gasteiger partial charge in [0.1, 0.15) is 5.75 Å². The van der Waals surface area contributed by atoms with Crippen LogP contribution in [-0.2, 0) is 25.0 Å². The number of carbonyl (C=O) groups excluding carboxylic acids is 1. The first-order valence-electron chi connectivity index (χ1n) is 12.2. The molecule has 0 bridgehead atoms. The van der Waals surface area contributed by atoms with Gasteiger partial charge in [-0.15, -0.1) is 0 Å². The van der Waals surface area contributed by atoms with Gasteiger partial charge in [0.25, 0.3) is 5.91 Å². The summed E-state index contributed by atoms with van der Waals surface area (Å²) in [6, 6.07) is 3.79. The van der Waals surface area contributed by atoms with E-state index in [2.05, 4.69) is 22.1 Å². The number of benzene rings is 1. The maximum Gasteiger partial charge on any atom is 0.394 e. The van der Waals surface area contributed by atoms with Gasteiger partial charge in [0, 0.05) is 19.2 Å². The molecule has 2 aromatic rings. The topological polar surface area (TPSA) is 111 Å². The second kappa shape index (κ2) is 13.4. The van der Waals surface area contributed by atoms with Crippen molar-refractivity contribution in [2.24, 2.45) is 18.4 Å². The molecule has 0 spiro atoms.